The molecule has 0 bridgehead atoms. The Bertz CT molecular complexity index is 1060. The molecule has 0 saturated heterocycles. The zero-order valence-corrected chi connectivity index (χ0v) is 20.1. The van der Waals surface area contributed by atoms with E-state index in [4.69, 9.17) is 4.74 Å². The molecular formula is C27H28BrNO2. The van der Waals surface area contributed by atoms with E-state index in [9.17, 15) is 4.79 Å². The standard InChI is InChI=1S/C27H28BrNO2/c1-19-15-20(2)17-23(16-19)22-8-12-27(31-14-13-29(3)4)25(18-22)26(30)11-7-21-5-9-24(28)10-6-21/h5-12,15-18H,13-14H2,1-4H3/b11-7+. The number of aryl methyl sites for hydroxylation is 2. The highest BCUT2D eigenvalue weighted by atomic mass is 79.9. The topological polar surface area (TPSA) is 29.5 Å². The molecule has 0 N–H and O–H groups in total. The maximum Gasteiger partial charge on any atom is 0.189 e. The van der Waals surface area contributed by atoms with Gasteiger partial charge in [-0.1, -0.05) is 69.5 Å². The van der Waals surface area contributed by atoms with Crippen LogP contribution in [0.5, 0.6) is 5.75 Å². The number of likely N-dealkylation sites (N-methyl/N-ethyl adjacent to an activating group) is 1. The SMILES string of the molecule is Cc1cc(C)cc(-c2ccc(OCCN(C)C)c(C(=O)/C=C/c3ccc(Br)cc3)c2)c1. The highest BCUT2D eigenvalue weighted by molar-refractivity contribution is 9.10. The van der Waals surface area contributed by atoms with E-state index in [0.717, 1.165) is 27.7 Å². The van der Waals surface area contributed by atoms with E-state index >= 15 is 0 Å². The highest BCUT2D eigenvalue weighted by Crippen LogP contribution is 2.29. The Balaban J connectivity index is 1.94. The largest absolute Gasteiger partial charge is 0.491 e. The molecule has 0 spiro atoms. The number of ether oxygens (including phenoxy) is 1. The summed E-state index contributed by atoms with van der Waals surface area (Å²) in [5.41, 5.74) is 6.05. The minimum absolute atomic E-state index is 0.0750. The summed E-state index contributed by atoms with van der Waals surface area (Å²) in [7, 11) is 4.00. The lowest BCUT2D eigenvalue weighted by Gasteiger charge is -2.14. The highest BCUT2D eigenvalue weighted by Gasteiger charge is 2.13. The molecule has 0 unspecified atom stereocenters. The van der Waals surface area contributed by atoms with Gasteiger partial charge in [-0.3, -0.25) is 4.79 Å². The van der Waals surface area contributed by atoms with Gasteiger partial charge in [0.05, 0.1) is 5.56 Å². The van der Waals surface area contributed by atoms with Gasteiger partial charge >= 0.3 is 0 Å². The lowest BCUT2D eigenvalue weighted by atomic mass is 9.97. The second-order valence-electron chi connectivity index (χ2n) is 7.99. The molecule has 0 atom stereocenters. The summed E-state index contributed by atoms with van der Waals surface area (Å²) in [6.07, 6.45) is 3.45. The first kappa shape index (κ1) is 23.0. The Labute approximate surface area is 193 Å². The second kappa shape index (κ2) is 10.6. The molecule has 0 amide bonds. The number of benzene rings is 3. The third-order valence-electron chi connectivity index (χ3n) is 4.89. The van der Waals surface area contributed by atoms with E-state index in [0.29, 0.717) is 17.9 Å². The first-order chi connectivity index (χ1) is 14.8. The van der Waals surface area contributed by atoms with E-state index < -0.39 is 0 Å². The van der Waals surface area contributed by atoms with Crippen LogP contribution in [0.2, 0.25) is 0 Å². The average Bonchev–Trinajstić information content (AvgIpc) is 2.72. The van der Waals surface area contributed by atoms with Crippen LogP contribution in [0, 0.1) is 13.8 Å². The predicted molar refractivity (Wildman–Crippen MR) is 133 cm³/mol. The summed E-state index contributed by atoms with van der Waals surface area (Å²) in [6, 6.07) is 20.1. The zero-order valence-electron chi connectivity index (χ0n) is 18.5. The van der Waals surface area contributed by atoms with Crippen LogP contribution in [0.1, 0.15) is 27.0 Å². The summed E-state index contributed by atoms with van der Waals surface area (Å²) in [5, 5.41) is 0. The maximum atomic E-state index is 13.1. The minimum Gasteiger partial charge on any atom is -0.491 e. The summed E-state index contributed by atoms with van der Waals surface area (Å²) in [6.45, 7) is 5.47. The molecule has 160 valence electrons. The van der Waals surface area contributed by atoms with Crippen molar-refractivity contribution in [3.63, 3.8) is 0 Å². The molecule has 0 radical (unpaired) electrons. The molecule has 0 aliphatic heterocycles. The Morgan fingerprint density at radius 1 is 0.935 bits per heavy atom. The molecular weight excluding hydrogens is 450 g/mol. The number of halogens is 1. The number of rotatable bonds is 8. The molecule has 4 heteroatoms. The summed E-state index contributed by atoms with van der Waals surface area (Å²) in [5.74, 6) is 0.537. The van der Waals surface area contributed by atoms with Crippen molar-refractivity contribution in [1.29, 1.82) is 0 Å². The van der Waals surface area contributed by atoms with E-state index in [1.165, 1.54) is 11.1 Å². The van der Waals surface area contributed by atoms with Gasteiger partial charge in [0.25, 0.3) is 0 Å². The molecule has 0 saturated carbocycles. The number of allylic oxidation sites excluding steroid dienone is 1. The molecule has 3 aromatic rings. The van der Waals surface area contributed by atoms with Crippen LogP contribution in [-0.2, 0) is 0 Å². The number of nitrogens with zero attached hydrogens (tertiary/aromatic N) is 1. The van der Waals surface area contributed by atoms with Gasteiger partial charge in [0.1, 0.15) is 12.4 Å². The van der Waals surface area contributed by atoms with Gasteiger partial charge in [-0.2, -0.15) is 0 Å². The van der Waals surface area contributed by atoms with Crippen molar-refractivity contribution < 1.29 is 9.53 Å². The first-order valence-electron chi connectivity index (χ1n) is 10.3. The third-order valence-corrected chi connectivity index (χ3v) is 5.42. The molecule has 0 aliphatic carbocycles. The van der Waals surface area contributed by atoms with Crippen LogP contribution in [0.3, 0.4) is 0 Å². The third kappa shape index (κ3) is 6.65. The molecule has 0 aliphatic rings. The number of hydrogen-bond donors (Lipinski definition) is 0. The van der Waals surface area contributed by atoms with Gasteiger partial charge in [-0.05, 0) is 75.0 Å². The predicted octanol–water partition coefficient (Wildman–Crippen LogP) is 6.57. The van der Waals surface area contributed by atoms with Crippen molar-refractivity contribution in [3.05, 3.63) is 93.5 Å². The van der Waals surface area contributed by atoms with Crippen LogP contribution >= 0.6 is 15.9 Å². The van der Waals surface area contributed by atoms with Crippen molar-refractivity contribution >= 4 is 27.8 Å². The smallest absolute Gasteiger partial charge is 0.189 e. The zero-order chi connectivity index (χ0) is 22.4. The lowest BCUT2D eigenvalue weighted by molar-refractivity contribution is 0.104. The number of hydrogen-bond acceptors (Lipinski definition) is 3. The van der Waals surface area contributed by atoms with Gasteiger partial charge in [0, 0.05) is 11.0 Å². The Morgan fingerprint density at radius 2 is 1.61 bits per heavy atom. The van der Waals surface area contributed by atoms with Crippen molar-refractivity contribution in [2.24, 2.45) is 0 Å². The summed E-state index contributed by atoms with van der Waals surface area (Å²) >= 11 is 3.44. The number of carbonyl (C=O) groups is 1. The molecule has 3 nitrogen and oxygen atoms in total. The van der Waals surface area contributed by atoms with E-state index in [2.05, 4.69) is 52.9 Å². The van der Waals surface area contributed by atoms with Crippen molar-refractivity contribution in [1.82, 2.24) is 4.90 Å². The monoisotopic (exact) mass is 477 g/mol. The quantitative estimate of drug-likeness (QED) is 0.271. The van der Waals surface area contributed by atoms with Gasteiger partial charge in [-0.15, -0.1) is 0 Å². The van der Waals surface area contributed by atoms with Crippen LogP contribution < -0.4 is 4.74 Å². The molecule has 31 heavy (non-hydrogen) atoms. The Hall–Kier alpha value is -2.69. The van der Waals surface area contributed by atoms with Crippen molar-refractivity contribution in [2.75, 3.05) is 27.2 Å². The van der Waals surface area contributed by atoms with Crippen molar-refractivity contribution in [3.8, 4) is 16.9 Å². The van der Waals surface area contributed by atoms with E-state index in [1.807, 2.05) is 62.6 Å². The first-order valence-corrected chi connectivity index (χ1v) is 11.1. The summed E-state index contributed by atoms with van der Waals surface area (Å²) < 4.78 is 6.98. The molecule has 3 rings (SSSR count). The number of ketones is 1. The van der Waals surface area contributed by atoms with Crippen LogP contribution in [0.15, 0.2) is 71.2 Å². The lowest BCUT2D eigenvalue weighted by Crippen LogP contribution is -2.20. The van der Waals surface area contributed by atoms with Crippen LogP contribution in [-0.4, -0.2) is 37.9 Å². The Kier molecular flexibility index (Phi) is 7.83. The van der Waals surface area contributed by atoms with E-state index in [-0.39, 0.29) is 5.78 Å². The van der Waals surface area contributed by atoms with Gasteiger partial charge < -0.3 is 9.64 Å². The average molecular weight is 478 g/mol. The molecule has 0 fully saturated rings. The van der Waals surface area contributed by atoms with Gasteiger partial charge in [-0.25, -0.2) is 0 Å². The van der Waals surface area contributed by atoms with Crippen LogP contribution in [0.4, 0.5) is 0 Å². The van der Waals surface area contributed by atoms with E-state index in [1.54, 1.807) is 6.08 Å². The fourth-order valence-corrected chi connectivity index (χ4v) is 3.61. The van der Waals surface area contributed by atoms with Crippen molar-refractivity contribution in [2.45, 2.75) is 13.8 Å². The van der Waals surface area contributed by atoms with Crippen LogP contribution in [0.25, 0.3) is 17.2 Å². The number of carbonyl (C=O) groups excluding carboxylic acids is 1. The van der Waals surface area contributed by atoms with Gasteiger partial charge in [0.2, 0.25) is 0 Å². The summed E-state index contributed by atoms with van der Waals surface area (Å²) in [4.78, 5) is 15.2. The fourth-order valence-electron chi connectivity index (χ4n) is 3.34. The Morgan fingerprint density at radius 3 is 2.26 bits per heavy atom. The van der Waals surface area contributed by atoms with Gasteiger partial charge in [0.15, 0.2) is 5.78 Å². The molecule has 0 heterocycles. The second-order valence-corrected chi connectivity index (χ2v) is 8.90. The maximum absolute atomic E-state index is 13.1. The minimum atomic E-state index is -0.0750. The fraction of sp³-hybridized carbons (Fsp3) is 0.222. The normalized spacial score (nSPS) is 11.3. The molecule has 3 aromatic carbocycles. The molecule has 0 aromatic heterocycles.